The summed E-state index contributed by atoms with van der Waals surface area (Å²) in [4.78, 5) is 31.8. The number of methoxy groups -OCH3 is 2. The first-order valence-corrected chi connectivity index (χ1v) is 12.2. The van der Waals surface area contributed by atoms with E-state index in [0.29, 0.717) is 33.8 Å². The predicted molar refractivity (Wildman–Crippen MR) is 133 cm³/mol. The van der Waals surface area contributed by atoms with Crippen LogP contribution in [-0.4, -0.2) is 49.0 Å². The van der Waals surface area contributed by atoms with E-state index < -0.39 is 0 Å². The number of rotatable bonds is 8. The summed E-state index contributed by atoms with van der Waals surface area (Å²) in [7, 11) is 3.07. The Hall–Kier alpha value is -3.39. The number of amides is 2. The van der Waals surface area contributed by atoms with Crippen LogP contribution in [0.1, 0.15) is 34.5 Å². The van der Waals surface area contributed by atoms with Gasteiger partial charge in [-0.2, -0.15) is 0 Å². The van der Waals surface area contributed by atoms with Crippen LogP contribution >= 0.6 is 11.3 Å². The summed E-state index contributed by atoms with van der Waals surface area (Å²) in [5, 5.41) is 5.07. The lowest BCUT2D eigenvalue weighted by atomic mass is 9.90. The number of anilines is 1. The van der Waals surface area contributed by atoms with E-state index in [-0.39, 0.29) is 18.2 Å². The fourth-order valence-corrected chi connectivity index (χ4v) is 4.86. The second-order valence-electron chi connectivity index (χ2n) is 8.39. The molecule has 4 rings (SSSR count). The van der Waals surface area contributed by atoms with Gasteiger partial charge in [0.25, 0.3) is 5.91 Å². The van der Waals surface area contributed by atoms with E-state index in [1.54, 1.807) is 18.2 Å². The van der Waals surface area contributed by atoms with Crippen molar-refractivity contribution in [2.75, 3.05) is 32.6 Å². The number of piperidine rings is 1. The van der Waals surface area contributed by atoms with Crippen molar-refractivity contribution in [3.05, 3.63) is 70.7 Å². The van der Waals surface area contributed by atoms with Crippen LogP contribution in [0.4, 0.5) is 5.13 Å². The van der Waals surface area contributed by atoms with Gasteiger partial charge in [-0.25, -0.2) is 4.98 Å². The van der Waals surface area contributed by atoms with E-state index in [1.165, 1.54) is 31.1 Å². The quantitative estimate of drug-likeness (QED) is 0.517. The standard InChI is InChI=1S/C26H29N3O4S/c1-32-22-13-20(14-23(16-22)33-2)25(31)28-26-27-21(17-34-26)15-24(30)29-10-8-19(9-11-29)12-18-6-4-3-5-7-18/h3-7,13-14,16-17,19H,8-12,15H2,1-2H3,(H,27,28,31). The lowest BCUT2D eigenvalue weighted by Crippen LogP contribution is -2.39. The summed E-state index contributed by atoms with van der Waals surface area (Å²) in [6, 6.07) is 15.5. The largest absolute Gasteiger partial charge is 0.497 e. The van der Waals surface area contributed by atoms with Gasteiger partial charge >= 0.3 is 0 Å². The van der Waals surface area contributed by atoms with Gasteiger partial charge in [-0.15, -0.1) is 11.3 Å². The summed E-state index contributed by atoms with van der Waals surface area (Å²) in [6.07, 6.45) is 3.34. The Morgan fingerprint density at radius 3 is 2.38 bits per heavy atom. The minimum Gasteiger partial charge on any atom is -0.497 e. The SMILES string of the molecule is COc1cc(OC)cc(C(=O)Nc2nc(CC(=O)N3CCC(Cc4ccccc4)CC3)cs2)c1. The van der Waals surface area contributed by atoms with Gasteiger partial charge in [-0.1, -0.05) is 30.3 Å². The van der Waals surface area contributed by atoms with Crippen LogP contribution in [0.2, 0.25) is 0 Å². The van der Waals surface area contributed by atoms with Crippen molar-refractivity contribution >= 4 is 28.3 Å². The fourth-order valence-electron chi connectivity index (χ4n) is 4.15. The molecule has 178 valence electrons. The molecule has 2 aromatic carbocycles. The number of benzene rings is 2. The molecule has 0 atom stereocenters. The Labute approximate surface area is 203 Å². The number of carbonyl (C=O) groups excluding carboxylic acids is 2. The molecule has 0 bridgehead atoms. The summed E-state index contributed by atoms with van der Waals surface area (Å²) in [5.41, 5.74) is 2.43. The zero-order valence-corrected chi connectivity index (χ0v) is 20.3. The monoisotopic (exact) mass is 479 g/mol. The Kier molecular flexibility index (Phi) is 7.80. The molecule has 0 aliphatic carbocycles. The molecule has 2 amide bonds. The van der Waals surface area contributed by atoms with E-state index in [9.17, 15) is 9.59 Å². The van der Waals surface area contributed by atoms with Gasteiger partial charge in [-0.05, 0) is 42.9 Å². The van der Waals surface area contributed by atoms with Gasteiger partial charge in [0.05, 0.1) is 26.3 Å². The number of aromatic nitrogens is 1. The molecule has 1 saturated heterocycles. The van der Waals surface area contributed by atoms with Gasteiger partial charge in [-0.3, -0.25) is 14.9 Å². The molecule has 0 unspecified atom stereocenters. The summed E-state index contributed by atoms with van der Waals surface area (Å²) in [6.45, 7) is 1.56. The number of likely N-dealkylation sites (tertiary alicyclic amines) is 1. The lowest BCUT2D eigenvalue weighted by Gasteiger charge is -2.32. The van der Waals surface area contributed by atoms with Crippen molar-refractivity contribution in [3.63, 3.8) is 0 Å². The third-order valence-electron chi connectivity index (χ3n) is 6.05. The number of hydrogen-bond donors (Lipinski definition) is 1. The highest BCUT2D eigenvalue weighted by Crippen LogP contribution is 2.25. The molecule has 1 aliphatic rings. The maximum atomic E-state index is 12.8. The van der Waals surface area contributed by atoms with Crippen molar-refractivity contribution in [1.82, 2.24) is 9.88 Å². The molecule has 0 spiro atoms. The fraction of sp³-hybridized carbons (Fsp3) is 0.346. The highest BCUT2D eigenvalue weighted by Gasteiger charge is 2.23. The molecule has 3 aromatic rings. The van der Waals surface area contributed by atoms with Crippen molar-refractivity contribution < 1.29 is 19.1 Å². The van der Waals surface area contributed by atoms with E-state index in [4.69, 9.17) is 9.47 Å². The van der Waals surface area contributed by atoms with Crippen molar-refractivity contribution in [2.45, 2.75) is 25.7 Å². The van der Waals surface area contributed by atoms with Crippen molar-refractivity contribution in [3.8, 4) is 11.5 Å². The number of hydrogen-bond acceptors (Lipinski definition) is 6. The first-order chi connectivity index (χ1) is 16.5. The highest BCUT2D eigenvalue weighted by molar-refractivity contribution is 7.14. The van der Waals surface area contributed by atoms with Crippen LogP contribution in [0, 0.1) is 5.92 Å². The van der Waals surface area contributed by atoms with Crippen LogP contribution < -0.4 is 14.8 Å². The Balaban J connectivity index is 1.28. The third kappa shape index (κ3) is 6.14. The second kappa shape index (κ2) is 11.2. The molecule has 1 aromatic heterocycles. The lowest BCUT2D eigenvalue weighted by molar-refractivity contribution is -0.131. The molecule has 0 radical (unpaired) electrons. The van der Waals surface area contributed by atoms with Crippen LogP contribution in [0.25, 0.3) is 0 Å². The van der Waals surface area contributed by atoms with Crippen LogP contribution in [-0.2, 0) is 17.6 Å². The van der Waals surface area contributed by atoms with Gasteiger partial charge in [0.15, 0.2) is 5.13 Å². The molecular formula is C26H29N3O4S. The summed E-state index contributed by atoms with van der Waals surface area (Å²) in [5.74, 6) is 1.44. The zero-order chi connectivity index (χ0) is 23.9. The number of nitrogens with one attached hydrogen (secondary N) is 1. The first kappa shape index (κ1) is 23.8. The maximum Gasteiger partial charge on any atom is 0.257 e. The van der Waals surface area contributed by atoms with E-state index in [0.717, 1.165) is 32.4 Å². The van der Waals surface area contributed by atoms with E-state index in [2.05, 4.69) is 34.6 Å². The van der Waals surface area contributed by atoms with Crippen molar-refractivity contribution in [1.29, 1.82) is 0 Å². The summed E-state index contributed by atoms with van der Waals surface area (Å²) >= 11 is 1.31. The molecule has 2 heterocycles. The van der Waals surface area contributed by atoms with Gasteiger partial charge < -0.3 is 14.4 Å². The second-order valence-corrected chi connectivity index (χ2v) is 9.25. The average molecular weight is 480 g/mol. The average Bonchev–Trinajstić information content (AvgIpc) is 3.31. The van der Waals surface area contributed by atoms with Crippen molar-refractivity contribution in [2.24, 2.45) is 5.92 Å². The van der Waals surface area contributed by atoms with Gasteiger partial charge in [0.1, 0.15) is 11.5 Å². The zero-order valence-electron chi connectivity index (χ0n) is 19.5. The maximum absolute atomic E-state index is 12.8. The normalized spacial score (nSPS) is 14.0. The minimum absolute atomic E-state index is 0.0823. The molecule has 1 aliphatic heterocycles. The number of carbonyl (C=O) groups is 2. The first-order valence-electron chi connectivity index (χ1n) is 11.3. The van der Waals surface area contributed by atoms with Crippen LogP contribution in [0.5, 0.6) is 11.5 Å². The molecule has 1 fully saturated rings. The Morgan fingerprint density at radius 1 is 1.06 bits per heavy atom. The van der Waals surface area contributed by atoms with Crippen LogP contribution in [0.15, 0.2) is 53.9 Å². The molecule has 1 N–H and O–H groups in total. The predicted octanol–water partition coefficient (Wildman–Crippen LogP) is 4.44. The Morgan fingerprint density at radius 2 is 1.74 bits per heavy atom. The molecular weight excluding hydrogens is 450 g/mol. The number of nitrogens with zero attached hydrogens (tertiary/aromatic N) is 2. The van der Waals surface area contributed by atoms with Gasteiger partial charge in [0.2, 0.25) is 5.91 Å². The molecule has 8 heteroatoms. The smallest absolute Gasteiger partial charge is 0.257 e. The van der Waals surface area contributed by atoms with E-state index in [1.807, 2.05) is 16.3 Å². The Bertz CT molecular complexity index is 1100. The minimum atomic E-state index is -0.315. The number of thiazole rings is 1. The van der Waals surface area contributed by atoms with Crippen LogP contribution in [0.3, 0.4) is 0 Å². The molecule has 7 nitrogen and oxygen atoms in total. The van der Waals surface area contributed by atoms with E-state index >= 15 is 0 Å². The summed E-state index contributed by atoms with van der Waals surface area (Å²) < 4.78 is 10.4. The highest BCUT2D eigenvalue weighted by atomic mass is 32.1. The third-order valence-corrected chi connectivity index (χ3v) is 6.86. The molecule has 0 saturated carbocycles. The van der Waals surface area contributed by atoms with Gasteiger partial charge in [0, 0.05) is 30.1 Å². The topological polar surface area (TPSA) is 80.8 Å². The molecule has 34 heavy (non-hydrogen) atoms. The number of ether oxygens (including phenoxy) is 2.